The highest BCUT2D eigenvalue weighted by Gasteiger charge is 2.23. The number of fused-ring (bicyclic) bond motifs is 2. The van der Waals surface area contributed by atoms with Gasteiger partial charge in [-0.05, 0) is 41.7 Å². The molecule has 5 heteroatoms. The quantitative estimate of drug-likeness (QED) is 0.893. The first kappa shape index (κ1) is 16.0. The first-order valence-corrected chi connectivity index (χ1v) is 8.76. The Hall–Kier alpha value is -2.53. The summed E-state index contributed by atoms with van der Waals surface area (Å²) >= 11 is 0. The molecule has 4 rings (SSSR count). The summed E-state index contributed by atoms with van der Waals surface area (Å²) in [7, 11) is 0. The van der Waals surface area contributed by atoms with Crippen molar-refractivity contribution < 1.29 is 14.3 Å². The van der Waals surface area contributed by atoms with E-state index in [0.29, 0.717) is 19.8 Å². The molecule has 2 aliphatic rings. The van der Waals surface area contributed by atoms with E-state index in [-0.39, 0.29) is 11.9 Å². The molecule has 0 aliphatic carbocycles. The van der Waals surface area contributed by atoms with Crippen LogP contribution in [0.5, 0.6) is 11.5 Å². The van der Waals surface area contributed by atoms with Crippen LogP contribution in [0.2, 0.25) is 0 Å². The Morgan fingerprint density at radius 1 is 1.08 bits per heavy atom. The molecule has 2 aliphatic heterocycles. The first-order chi connectivity index (χ1) is 12.3. The molecular formula is C20H22N2O3. The van der Waals surface area contributed by atoms with Crippen LogP contribution >= 0.6 is 0 Å². The van der Waals surface area contributed by atoms with Crippen molar-refractivity contribution in [1.82, 2.24) is 10.6 Å². The zero-order valence-electron chi connectivity index (χ0n) is 14.1. The first-order valence-electron chi connectivity index (χ1n) is 8.76. The Balaban J connectivity index is 1.29. The Kier molecular flexibility index (Phi) is 4.57. The van der Waals surface area contributed by atoms with Crippen molar-refractivity contribution >= 4 is 5.91 Å². The molecule has 25 heavy (non-hydrogen) atoms. The van der Waals surface area contributed by atoms with E-state index in [9.17, 15) is 4.79 Å². The lowest BCUT2D eigenvalue weighted by molar-refractivity contribution is -0.123. The molecule has 0 aromatic heterocycles. The van der Waals surface area contributed by atoms with E-state index in [1.807, 2.05) is 30.3 Å². The van der Waals surface area contributed by atoms with Crippen molar-refractivity contribution in [3.8, 4) is 11.5 Å². The number of nitrogens with one attached hydrogen (secondary N) is 2. The molecule has 1 unspecified atom stereocenters. The molecule has 2 N–H and O–H groups in total. The second-order valence-corrected chi connectivity index (χ2v) is 6.43. The van der Waals surface area contributed by atoms with Gasteiger partial charge >= 0.3 is 0 Å². The van der Waals surface area contributed by atoms with Crippen molar-refractivity contribution in [2.24, 2.45) is 0 Å². The fraction of sp³-hybridized carbons (Fsp3) is 0.350. The molecule has 0 spiro atoms. The third-order valence-corrected chi connectivity index (χ3v) is 4.72. The molecule has 2 aromatic rings. The maximum Gasteiger partial charge on any atom is 0.237 e. The van der Waals surface area contributed by atoms with Crippen LogP contribution in [0.1, 0.15) is 16.7 Å². The monoisotopic (exact) mass is 338 g/mol. The van der Waals surface area contributed by atoms with Gasteiger partial charge in [0.1, 0.15) is 13.2 Å². The van der Waals surface area contributed by atoms with Crippen molar-refractivity contribution in [1.29, 1.82) is 0 Å². The molecule has 0 saturated heterocycles. The van der Waals surface area contributed by atoms with Gasteiger partial charge < -0.3 is 20.1 Å². The number of rotatable bonds is 4. The minimum Gasteiger partial charge on any atom is -0.486 e. The van der Waals surface area contributed by atoms with Gasteiger partial charge in [-0.3, -0.25) is 4.79 Å². The van der Waals surface area contributed by atoms with Gasteiger partial charge in [0.15, 0.2) is 11.5 Å². The number of carbonyl (C=O) groups excluding carboxylic acids is 1. The van der Waals surface area contributed by atoms with E-state index >= 15 is 0 Å². The Bertz CT molecular complexity index is 775. The number of benzene rings is 2. The summed E-state index contributed by atoms with van der Waals surface area (Å²) in [5.74, 6) is 1.65. The zero-order chi connectivity index (χ0) is 17.1. The summed E-state index contributed by atoms with van der Waals surface area (Å²) in [4.78, 5) is 12.4. The molecule has 0 fully saturated rings. The molecule has 2 heterocycles. The van der Waals surface area contributed by atoms with Gasteiger partial charge in [0.25, 0.3) is 0 Å². The molecular weight excluding hydrogens is 316 g/mol. The number of hydrogen-bond donors (Lipinski definition) is 2. The summed E-state index contributed by atoms with van der Waals surface area (Å²) < 4.78 is 11.1. The van der Waals surface area contributed by atoms with Gasteiger partial charge in [0, 0.05) is 13.1 Å². The predicted molar refractivity (Wildman–Crippen MR) is 94.9 cm³/mol. The summed E-state index contributed by atoms with van der Waals surface area (Å²) in [6.45, 7) is 2.54. The second kappa shape index (κ2) is 7.15. The van der Waals surface area contributed by atoms with Gasteiger partial charge in [0.05, 0.1) is 6.04 Å². The zero-order valence-corrected chi connectivity index (χ0v) is 14.1. The van der Waals surface area contributed by atoms with Crippen LogP contribution in [0.25, 0.3) is 0 Å². The lowest BCUT2D eigenvalue weighted by Gasteiger charge is -2.25. The van der Waals surface area contributed by atoms with E-state index in [1.54, 1.807) is 0 Å². The largest absolute Gasteiger partial charge is 0.486 e. The molecule has 0 radical (unpaired) electrons. The van der Waals surface area contributed by atoms with E-state index in [1.165, 1.54) is 11.1 Å². The van der Waals surface area contributed by atoms with Crippen LogP contribution in [-0.4, -0.2) is 31.7 Å². The minimum atomic E-state index is -0.157. The highest BCUT2D eigenvalue weighted by atomic mass is 16.6. The summed E-state index contributed by atoms with van der Waals surface area (Å²) in [5.41, 5.74) is 3.67. The number of carbonyl (C=O) groups is 1. The summed E-state index contributed by atoms with van der Waals surface area (Å²) in [6, 6.07) is 14.1. The molecule has 1 atom stereocenters. The summed E-state index contributed by atoms with van der Waals surface area (Å²) in [5, 5.41) is 6.35. The Morgan fingerprint density at radius 3 is 2.76 bits per heavy atom. The fourth-order valence-corrected chi connectivity index (χ4v) is 3.34. The molecule has 130 valence electrons. The molecule has 2 aromatic carbocycles. The highest BCUT2D eigenvalue weighted by molar-refractivity contribution is 5.82. The topological polar surface area (TPSA) is 59.6 Å². The second-order valence-electron chi connectivity index (χ2n) is 6.43. The summed E-state index contributed by atoms with van der Waals surface area (Å²) in [6.07, 6.45) is 1.51. The third kappa shape index (κ3) is 3.61. The Morgan fingerprint density at radius 2 is 1.88 bits per heavy atom. The van der Waals surface area contributed by atoms with Gasteiger partial charge in [-0.25, -0.2) is 0 Å². The standard InChI is InChI=1S/C20H22N2O3/c23-20(17-12-15-3-1-2-4-16(15)13-22-17)21-8-7-14-5-6-18-19(11-14)25-10-9-24-18/h1-6,11,17,22H,7-10,12-13H2,(H,21,23). The predicted octanol–water partition coefficient (Wildman–Crippen LogP) is 1.83. The highest BCUT2D eigenvalue weighted by Crippen LogP contribution is 2.30. The van der Waals surface area contributed by atoms with Crippen LogP contribution in [0.3, 0.4) is 0 Å². The smallest absolute Gasteiger partial charge is 0.237 e. The SMILES string of the molecule is O=C(NCCc1ccc2c(c1)OCCO2)C1Cc2ccccc2CN1. The van der Waals surface area contributed by atoms with Crippen molar-refractivity contribution in [3.05, 3.63) is 59.2 Å². The maximum atomic E-state index is 12.4. The van der Waals surface area contributed by atoms with E-state index in [4.69, 9.17) is 9.47 Å². The number of ether oxygens (including phenoxy) is 2. The number of hydrogen-bond acceptors (Lipinski definition) is 4. The van der Waals surface area contributed by atoms with Crippen LogP contribution in [0.4, 0.5) is 0 Å². The van der Waals surface area contributed by atoms with Gasteiger partial charge in [-0.2, -0.15) is 0 Å². The normalized spacial score (nSPS) is 18.3. The molecule has 5 nitrogen and oxygen atoms in total. The molecule has 1 amide bonds. The fourth-order valence-electron chi connectivity index (χ4n) is 3.34. The third-order valence-electron chi connectivity index (χ3n) is 4.72. The lowest BCUT2D eigenvalue weighted by atomic mass is 9.95. The minimum absolute atomic E-state index is 0.0621. The van der Waals surface area contributed by atoms with Crippen molar-refractivity contribution in [2.45, 2.75) is 25.4 Å². The van der Waals surface area contributed by atoms with Crippen molar-refractivity contribution in [2.75, 3.05) is 19.8 Å². The molecule has 0 saturated carbocycles. The van der Waals surface area contributed by atoms with E-state index in [0.717, 1.165) is 36.4 Å². The number of amides is 1. The van der Waals surface area contributed by atoms with Crippen LogP contribution in [0.15, 0.2) is 42.5 Å². The van der Waals surface area contributed by atoms with Gasteiger partial charge in [0.2, 0.25) is 5.91 Å². The van der Waals surface area contributed by atoms with Crippen LogP contribution < -0.4 is 20.1 Å². The van der Waals surface area contributed by atoms with Gasteiger partial charge in [-0.1, -0.05) is 30.3 Å². The van der Waals surface area contributed by atoms with E-state index < -0.39 is 0 Å². The average molecular weight is 338 g/mol. The lowest BCUT2D eigenvalue weighted by Crippen LogP contribution is -2.48. The van der Waals surface area contributed by atoms with Gasteiger partial charge in [-0.15, -0.1) is 0 Å². The molecule has 0 bridgehead atoms. The average Bonchev–Trinajstić information content (AvgIpc) is 2.67. The van der Waals surface area contributed by atoms with Crippen molar-refractivity contribution in [3.63, 3.8) is 0 Å². The Labute approximate surface area is 147 Å². The van der Waals surface area contributed by atoms with E-state index in [2.05, 4.69) is 22.8 Å². The van der Waals surface area contributed by atoms with Crippen LogP contribution in [-0.2, 0) is 24.2 Å². The van der Waals surface area contributed by atoms with Crippen LogP contribution in [0, 0.1) is 0 Å². The maximum absolute atomic E-state index is 12.4.